The zero-order chi connectivity index (χ0) is 34.2. The molecule has 0 aliphatic carbocycles. The van der Waals surface area contributed by atoms with Gasteiger partial charge in [-0.3, -0.25) is 19.2 Å². The molecule has 6 N–H and O–H groups in total. The standard InChI is InChI=1S/C35H45N5O7/c1-24-13-16-28(31(22-24)47-20-8-4-5-12-33(42)38-19-17-32(37)41)40(2)35(44)25-14-15-27(30(23-25)45-3)39-34(43)26-10-6-7-11-29(26)46-21-9-18-36/h6-7,10-11,13-16,22-23H,4-5,8-9,12,17-21,36H2,1-3H3,(H2,37,41)(H,38,42)(H,39,43). The molecule has 0 atom stereocenters. The number of anilines is 2. The maximum atomic E-state index is 13.6. The molecule has 0 heterocycles. The van der Waals surface area contributed by atoms with E-state index in [1.54, 1.807) is 49.5 Å². The highest BCUT2D eigenvalue weighted by molar-refractivity contribution is 6.09. The number of ether oxygens (including phenoxy) is 3. The third kappa shape index (κ3) is 11.3. The molecule has 0 saturated carbocycles. The summed E-state index contributed by atoms with van der Waals surface area (Å²) in [5.41, 5.74) is 13.3. The van der Waals surface area contributed by atoms with E-state index in [1.165, 1.54) is 12.0 Å². The Bertz CT molecular complexity index is 1530. The van der Waals surface area contributed by atoms with E-state index in [9.17, 15) is 19.2 Å². The number of benzene rings is 3. The Kier molecular flexibility index (Phi) is 14.5. The summed E-state index contributed by atoms with van der Waals surface area (Å²) in [6.45, 7) is 3.47. The highest BCUT2D eigenvalue weighted by Crippen LogP contribution is 2.32. The van der Waals surface area contributed by atoms with Crippen molar-refractivity contribution in [2.75, 3.05) is 50.7 Å². The maximum absolute atomic E-state index is 13.6. The maximum Gasteiger partial charge on any atom is 0.259 e. The molecule has 47 heavy (non-hydrogen) atoms. The van der Waals surface area contributed by atoms with Crippen molar-refractivity contribution < 1.29 is 33.4 Å². The van der Waals surface area contributed by atoms with Crippen LogP contribution in [0.5, 0.6) is 17.2 Å². The SMILES string of the molecule is COc1cc(C(=O)N(C)c2ccc(C)cc2OCCCCCC(=O)NCCC(N)=O)ccc1NC(=O)c1ccccc1OCCCN. The molecule has 0 unspecified atom stereocenters. The van der Waals surface area contributed by atoms with Gasteiger partial charge in [-0.05, 0) is 87.2 Å². The number of rotatable bonds is 19. The monoisotopic (exact) mass is 647 g/mol. The third-order valence-electron chi connectivity index (χ3n) is 7.22. The second kappa shape index (κ2) is 18.8. The lowest BCUT2D eigenvalue weighted by atomic mass is 10.1. The minimum Gasteiger partial charge on any atom is -0.495 e. The second-order valence-electron chi connectivity index (χ2n) is 10.9. The quantitative estimate of drug-likeness (QED) is 0.140. The van der Waals surface area contributed by atoms with Crippen LogP contribution in [0.1, 0.15) is 64.8 Å². The number of nitrogens with one attached hydrogen (secondary N) is 2. The number of primary amides is 1. The van der Waals surface area contributed by atoms with Gasteiger partial charge in [0.1, 0.15) is 17.2 Å². The summed E-state index contributed by atoms with van der Waals surface area (Å²) in [5.74, 6) is 0.0858. The molecule has 3 rings (SSSR count). The fraction of sp³-hybridized carbons (Fsp3) is 0.371. The molecular weight excluding hydrogens is 602 g/mol. The Labute approximate surface area is 275 Å². The van der Waals surface area contributed by atoms with Crippen LogP contribution < -0.4 is 41.2 Å². The van der Waals surface area contributed by atoms with Crippen molar-refractivity contribution in [3.8, 4) is 17.2 Å². The van der Waals surface area contributed by atoms with Gasteiger partial charge in [-0.15, -0.1) is 0 Å². The van der Waals surface area contributed by atoms with Crippen LogP contribution in [-0.2, 0) is 9.59 Å². The van der Waals surface area contributed by atoms with Crippen LogP contribution in [0.15, 0.2) is 60.7 Å². The highest BCUT2D eigenvalue weighted by Gasteiger charge is 2.21. The summed E-state index contributed by atoms with van der Waals surface area (Å²) < 4.78 is 17.4. The van der Waals surface area contributed by atoms with Crippen molar-refractivity contribution in [1.82, 2.24) is 5.32 Å². The summed E-state index contributed by atoms with van der Waals surface area (Å²) in [6, 6.07) is 17.4. The zero-order valence-electron chi connectivity index (χ0n) is 27.3. The molecule has 0 spiro atoms. The molecule has 12 heteroatoms. The lowest BCUT2D eigenvalue weighted by molar-refractivity contribution is -0.121. The minimum atomic E-state index is -0.452. The molecule has 3 aromatic carbocycles. The zero-order valence-corrected chi connectivity index (χ0v) is 27.3. The van der Waals surface area contributed by atoms with Crippen molar-refractivity contribution in [2.45, 2.75) is 45.4 Å². The molecule has 0 bridgehead atoms. The van der Waals surface area contributed by atoms with Gasteiger partial charge < -0.3 is 41.2 Å². The molecule has 0 aliphatic heterocycles. The Morgan fingerprint density at radius 3 is 2.32 bits per heavy atom. The van der Waals surface area contributed by atoms with Gasteiger partial charge in [-0.1, -0.05) is 18.2 Å². The molecule has 0 aromatic heterocycles. The van der Waals surface area contributed by atoms with Crippen molar-refractivity contribution in [2.24, 2.45) is 11.5 Å². The number of hydrogen-bond acceptors (Lipinski definition) is 8. The van der Waals surface area contributed by atoms with E-state index in [4.69, 9.17) is 25.7 Å². The van der Waals surface area contributed by atoms with Crippen molar-refractivity contribution >= 4 is 35.0 Å². The molecule has 0 radical (unpaired) electrons. The average molecular weight is 648 g/mol. The van der Waals surface area contributed by atoms with Gasteiger partial charge in [0, 0.05) is 32.0 Å². The Balaban J connectivity index is 1.62. The largest absolute Gasteiger partial charge is 0.495 e. The van der Waals surface area contributed by atoms with Crippen molar-refractivity contribution in [3.63, 3.8) is 0 Å². The lowest BCUT2D eigenvalue weighted by Crippen LogP contribution is -2.27. The number of hydrogen-bond donors (Lipinski definition) is 4. The fourth-order valence-corrected chi connectivity index (χ4v) is 4.64. The number of para-hydroxylation sites is 1. The van der Waals surface area contributed by atoms with Crippen LogP contribution in [-0.4, -0.2) is 64.1 Å². The third-order valence-corrected chi connectivity index (χ3v) is 7.22. The Morgan fingerprint density at radius 1 is 0.830 bits per heavy atom. The predicted molar refractivity (Wildman–Crippen MR) is 181 cm³/mol. The number of unbranched alkanes of at least 4 members (excludes halogenated alkanes) is 2. The molecule has 0 aliphatic rings. The molecule has 4 amide bonds. The number of amides is 4. The number of carbonyl (C=O) groups excluding carboxylic acids is 4. The Hall–Kier alpha value is -5.10. The number of aryl methyl sites for hydroxylation is 1. The summed E-state index contributed by atoms with van der Waals surface area (Å²) >= 11 is 0. The molecule has 12 nitrogen and oxygen atoms in total. The number of nitrogens with zero attached hydrogens (tertiary/aromatic N) is 1. The van der Waals surface area contributed by atoms with Gasteiger partial charge in [0.25, 0.3) is 11.8 Å². The normalized spacial score (nSPS) is 10.6. The van der Waals surface area contributed by atoms with Crippen molar-refractivity contribution in [3.05, 3.63) is 77.4 Å². The van der Waals surface area contributed by atoms with Gasteiger partial charge in [0.15, 0.2) is 0 Å². The van der Waals surface area contributed by atoms with Crippen LogP contribution in [0.2, 0.25) is 0 Å². The van der Waals surface area contributed by atoms with E-state index in [0.29, 0.717) is 85.2 Å². The number of carbonyl (C=O) groups is 4. The number of nitrogens with two attached hydrogens (primary N) is 2. The van der Waals surface area contributed by atoms with Crippen LogP contribution in [0.4, 0.5) is 11.4 Å². The fourth-order valence-electron chi connectivity index (χ4n) is 4.64. The first-order valence-electron chi connectivity index (χ1n) is 15.6. The van der Waals surface area contributed by atoms with Gasteiger partial charge in [-0.25, -0.2) is 0 Å². The summed E-state index contributed by atoms with van der Waals surface area (Å²) in [5, 5.41) is 5.53. The highest BCUT2D eigenvalue weighted by atomic mass is 16.5. The van der Waals surface area contributed by atoms with Crippen LogP contribution in [0.3, 0.4) is 0 Å². The van der Waals surface area contributed by atoms with E-state index >= 15 is 0 Å². The van der Waals surface area contributed by atoms with E-state index < -0.39 is 5.91 Å². The predicted octanol–water partition coefficient (Wildman–Crippen LogP) is 4.19. The first kappa shape index (κ1) is 36.4. The van der Waals surface area contributed by atoms with Gasteiger partial charge in [0.05, 0.1) is 37.3 Å². The number of methoxy groups -OCH3 is 1. The van der Waals surface area contributed by atoms with E-state index in [-0.39, 0.29) is 30.7 Å². The van der Waals surface area contributed by atoms with E-state index in [0.717, 1.165) is 12.0 Å². The lowest BCUT2D eigenvalue weighted by Gasteiger charge is -2.22. The molecular formula is C35H45N5O7. The molecule has 0 fully saturated rings. The molecule has 252 valence electrons. The summed E-state index contributed by atoms with van der Waals surface area (Å²) in [4.78, 5) is 50.9. The first-order valence-corrected chi connectivity index (χ1v) is 15.6. The smallest absolute Gasteiger partial charge is 0.259 e. The van der Waals surface area contributed by atoms with Gasteiger partial charge in [0.2, 0.25) is 11.8 Å². The first-order chi connectivity index (χ1) is 22.6. The topological polar surface area (TPSA) is 175 Å². The van der Waals surface area contributed by atoms with Crippen LogP contribution >= 0.6 is 0 Å². The van der Waals surface area contributed by atoms with Crippen LogP contribution in [0.25, 0.3) is 0 Å². The van der Waals surface area contributed by atoms with Crippen molar-refractivity contribution in [1.29, 1.82) is 0 Å². The van der Waals surface area contributed by atoms with E-state index in [2.05, 4.69) is 10.6 Å². The summed E-state index contributed by atoms with van der Waals surface area (Å²) in [7, 11) is 3.13. The van der Waals surface area contributed by atoms with Gasteiger partial charge in [-0.2, -0.15) is 0 Å². The van der Waals surface area contributed by atoms with Crippen LogP contribution in [0, 0.1) is 6.92 Å². The van der Waals surface area contributed by atoms with E-state index in [1.807, 2.05) is 25.1 Å². The molecule has 0 saturated heterocycles. The molecule has 3 aromatic rings. The second-order valence-corrected chi connectivity index (χ2v) is 10.9. The average Bonchev–Trinajstić information content (AvgIpc) is 3.06. The Morgan fingerprint density at radius 2 is 1.57 bits per heavy atom. The minimum absolute atomic E-state index is 0.116. The van der Waals surface area contributed by atoms with Gasteiger partial charge >= 0.3 is 0 Å². The summed E-state index contributed by atoms with van der Waals surface area (Å²) in [6.07, 6.45) is 3.30.